The largest absolute Gasteiger partial charge is 0.305 e. The van der Waals surface area contributed by atoms with Crippen molar-refractivity contribution in [3.05, 3.63) is 24.3 Å². The van der Waals surface area contributed by atoms with E-state index in [9.17, 15) is 0 Å². The zero-order valence-corrected chi connectivity index (χ0v) is 19.4. The first-order valence-electron chi connectivity index (χ1n) is 11.5. The average Bonchev–Trinajstić information content (AvgIpc) is 3.03. The molecule has 158 valence electrons. The molecule has 4 heteroatoms. The van der Waals surface area contributed by atoms with Gasteiger partial charge >= 0.3 is 0 Å². The minimum Gasteiger partial charge on any atom is -0.305 e. The molecule has 1 heterocycles. The fourth-order valence-corrected chi connectivity index (χ4v) is 4.44. The van der Waals surface area contributed by atoms with E-state index in [1.165, 1.54) is 70.0 Å². The van der Waals surface area contributed by atoms with Crippen molar-refractivity contribution in [2.45, 2.75) is 90.9 Å². The fraction of sp³-hybridized carbons (Fsp3) is 0.708. The molecule has 1 aromatic carbocycles. The van der Waals surface area contributed by atoms with E-state index in [1.54, 1.807) is 0 Å². The molecule has 28 heavy (non-hydrogen) atoms. The van der Waals surface area contributed by atoms with E-state index in [0.717, 1.165) is 29.2 Å². The lowest BCUT2D eigenvalue weighted by Crippen LogP contribution is -2.35. The van der Waals surface area contributed by atoms with Crippen LogP contribution in [0.5, 0.6) is 0 Å². The predicted octanol–water partition coefficient (Wildman–Crippen LogP) is 7.02. The number of nitrogens with zero attached hydrogens (tertiary/aromatic N) is 3. The average molecular weight is 404 g/mol. The molecule has 0 aliphatic heterocycles. The summed E-state index contributed by atoms with van der Waals surface area (Å²) in [5, 5.41) is 0.828. The third-order valence-electron chi connectivity index (χ3n) is 6.10. The molecule has 1 aromatic heterocycles. The number of para-hydroxylation sites is 2. The topological polar surface area (TPSA) is 21.1 Å². The van der Waals surface area contributed by atoms with Crippen LogP contribution in [0.1, 0.15) is 79.1 Å². The van der Waals surface area contributed by atoms with Gasteiger partial charge in [0.1, 0.15) is 0 Å². The molecule has 2 aromatic rings. The molecule has 0 aliphatic rings. The summed E-state index contributed by atoms with van der Waals surface area (Å²) in [6.45, 7) is 12.6. The number of imidazole rings is 1. The van der Waals surface area contributed by atoms with Gasteiger partial charge in [0.2, 0.25) is 0 Å². The first-order valence-corrected chi connectivity index (χ1v) is 11.9. The van der Waals surface area contributed by atoms with Crippen molar-refractivity contribution in [1.82, 2.24) is 14.5 Å². The Kier molecular flexibility index (Phi) is 10.4. The molecule has 0 saturated heterocycles. The zero-order valence-electron chi connectivity index (χ0n) is 18.5. The van der Waals surface area contributed by atoms with E-state index in [0.29, 0.717) is 0 Å². The molecule has 0 aliphatic carbocycles. The van der Waals surface area contributed by atoms with Crippen LogP contribution < -0.4 is 0 Å². The molecule has 0 fully saturated rings. The Balaban J connectivity index is 2.19. The van der Waals surface area contributed by atoms with Gasteiger partial charge < -0.3 is 4.57 Å². The Morgan fingerprint density at radius 2 is 1.50 bits per heavy atom. The lowest BCUT2D eigenvalue weighted by molar-refractivity contribution is 0.142. The van der Waals surface area contributed by atoms with E-state index >= 15 is 0 Å². The predicted molar refractivity (Wildman–Crippen MR) is 125 cm³/mol. The standard InChI is InChI=1S/C24H41N3S/c1-5-9-13-20(7-3)17-26(18-21(8-4)14-10-6-2)19-27-23-16-12-11-15-22(23)25-24(27)28/h11-12,15-16,20-21H,5-10,13-14,17-19H2,1-4H3,(H,25,28). The van der Waals surface area contributed by atoms with Gasteiger partial charge in [-0.2, -0.15) is 0 Å². The molecule has 0 bridgehead atoms. The number of aromatic nitrogens is 2. The second kappa shape index (κ2) is 12.5. The minimum absolute atomic E-state index is 0.779. The highest BCUT2D eigenvalue weighted by atomic mass is 32.1. The normalized spacial score (nSPS) is 14.1. The van der Waals surface area contributed by atoms with Crippen LogP contribution >= 0.6 is 12.6 Å². The minimum atomic E-state index is 0.779. The molecule has 0 saturated carbocycles. The summed E-state index contributed by atoms with van der Waals surface area (Å²) in [6.07, 6.45) is 10.5. The Labute approximate surface area is 178 Å². The maximum atomic E-state index is 4.70. The number of benzene rings is 1. The van der Waals surface area contributed by atoms with Crippen LogP contribution in [0.3, 0.4) is 0 Å². The summed E-state index contributed by atoms with van der Waals surface area (Å²) in [4.78, 5) is 7.35. The Hall–Kier alpha value is -1.00. The quantitative estimate of drug-likeness (QED) is 0.342. The van der Waals surface area contributed by atoms with Gasteiger partial charge in [0.05, 0.1) is 17.7 Å². The Bertz CT molecular complexity index is 664. The number of fused-ring (bicyclic) bond motifs is 1. The molecule has 2 rings (SSSR count). The van der Waals surface area contributed by atoms with Crippen molar-refractivity contribution in [2.75, 3.05) is 13.1 Å². The van der Waals surface area contributed by atoms with Crippen LogP contribution in [-0.2, 0) is 6.67 Å². The van der Waals surface area contributed by atoms with E-state index in [-0.39, 0.29) is 0 Å². The van der Waals surface area contributed by atoms with Gasteiger partial charge in [-0.25, -0.2) is 4.98 Å². The van der Waals surface area contributed by atoms with Crippen LogP contribution in [0.15, 0.2) is 29.4 Å². The lowest BCUT2D eigenvalue weighted by Gasteiger charge is -2.31. The van der Waals surface area contributed by atoms with Gasteiger partial charge in [0, 0.05) is 13.1 Å². The summed E-state index contributed by atoms with van der Waals surface area (Å²) in [5.74, 6) is 1.56. The van der Waals surface area contributed by atoms with Crippen molar-refractivity contribution < 1.29 is 0 Å². The molecule has 3 nitrogen and oxygen atoms in total. The van der Waals surface area contributed by atoms with E-state index in [1.807, 2.05) is 0 Å². The molecule has 0 amide bonds. The van der Waals surface area contributed by atoms with Crippen molar-refractivity contribution in [1.29, 1.82) is 0 Å². The molecule has 0 radical (unpaired) electrons. The molecule has 0 spiro atoms. The number of thiol groups is 1. The first-order chi connectivity index (χ1) is 13.6. The molecular weight excluding hydrogens is 362 g/mol. The second-order valence-corrected chi connectivity index (χ2v) is 8.74. The van der Waals surface area contributed by atoms with Gasteiger partial charge in [0.15, 0.2) is 5.16 Å². The fourth-order valence-electron chi connectivity index (χ4n) is 4.16. The zero-order chi connectivity index (χ0) is 20.4. The SMILES string of the molecule is CCCCC(CC)CN(CC(CC)CCCC)Cn1c(S)nc2ccccc21. The van der Waals surface area contributed by atoms with Gasteiger partial charge in [0.25, 0.3) is 0 Å². The van der Waals surface area contributed by atoms with Crippen LogP contribution in [-0.4, -0.2) is 27.5 Å². The monoisotopic (exact) mass is 403 g/mol. The smallest absolute Gasteiger partial charge is 0.167 e. The highest BCUT2D eigenvalue weighted by Gasteiger charge is 2.19. The number of rotatable bonds is 14. The van der Waals surface area contributed by atoms with Crippen molar-refractivity contribution in [3.63, 3.8) is 0 Å². The number of hydrogen-bond donors (Lipinski definition) is 1. The van der Waals surface area contributed by atoms with Crippen LogP contribution in [0.25, 0.3) is 11.0 Å². The number of unbranched alkanes of at least 4 members (excludes halogenated alkanes) is 2. The van der Waals surface area contributed by atoms with Crippen molar-refractivity contribution >= 4 is 23.7 Å². The van der Waals surface area contributed by atoms with E-state index < -0.39 is 0 Å². The van der Waals surface area contributed by atoms with Crippen LogP contribution in [0.2, 0.25) is 0 Å². The van der Waals surface area contributed by atoms with E-state index in [4.69, 9.17) is 12.6 Å². The lowest BCUT2D eigenvalue weighted by atomic mass is 9.96. The van der Waals surface area contributed by atoms with Crippen molar-refractivity contribution in [2.24, 2.45) is 11.8 Å². The summed E-state index contributed by atoms with van der Waals surface area (Å²) in [5.41, 5.74) is 2.24. The van der Waals surface area contributed by atoms with Gasteiger partial charge in [-0.05, 0) is 36.8 Å². The number of hydrogen-bond acceptors (Lipinski definition) is 3. The van der Waals surface area contributed by atoms with Gasteiger partial charge in [-0.1, -0.05) is 78.4 Å². The summed E-state index contributed by atoms with van der Waals surface area (Å²) in [7, 11) is 0. The second-order valence-electron chi connectivity index (χ2n) is 8.34. The highest BCUT2D eigenvalue weighted by molar-refractivity contribution is 7.80. The summed E-state index contributed by atoms with van der Waals surface area (Å²) >= 11 is 4.70. The Morgan fingerprint density at radius 1 is 0.929 bits per heavy atom. The first kappa shape index (κ1) is 23.3. The van der Waals surface area contributed by atoms with Gasteiger partial charge in [-0.3, -0.25) is 4.90 Å². The molecule has 2 unspecified atom stereocenters. The third-order valence-corrected chi connectivity index (χ3v) is 6.44. The highest BCUT2D eigenvalue weighted by Crippen LogP contribution is 2.23. The van der Waals surface area contributed by atoms with E-state index in [2.05, 4.69) is 66.4 Å². The third kappa shape index (κ3) is 6.81. The maximum absolute atomic E-state index is 4.70. The van der Waals surface area contributed by atoms with Crippen LogP contribution in [0.4, 0.5) is 0 Å². The maximum Gasteiger partial charge on any atom is 0.167 e. The van der Waals surface area contributed by atoms with Crippen molar-refractivity contribution in [3.8, 4) is 0 Å². The molecule has 2 atom stereocenters. The van der Waals surface area contributed by atoms with Crippen LogP contribution in [0, 0.1) is 11.8 Å². The Morgan fingerprint density at radius 3 is 2.04 bits per heavy atom. The molecule has 0 N–H and O–H groups in total. The molecular formula is C24H41N3S. The van der Waals surface area contributed by atoms with Gasteiger partial charge in [-0.15, -0.1) is 12.6 Å². The summed E-state index contributed by atoms with van der Waals surface area (Å²) in [6, 6.07) is 8.41. The summed E-state index contributed by atoms with van der Waals surface area (Å²) < 4.78 is 2.29.